The Morgan fingerprint density at radius 3 is 2.96 bits per heavy atom. The summed E-state index contributed by atoms with van der Waals surface area (Å²) in [5, 5.41) is 1.09. The first-order valence-corrected chi connectivity index (χ1v) is 8.84. The Hall–Kier alpha value is -2.31. The molecule has 0 amide bonds. The fourth-order valence-electron chi connectivity index (χ4n) is 3.06. The van der Waals surface area contributed by atoms with Crippen LogP contribution >= 0.6 is 11.3 Å². The highest BCUT2D eigenvalue weighted by Gasteiger charge is 2.19. The predicted molar refractivity (Wildman–Crippen MR) is 96.5 cm³/mol. The van der Waals surface area contributed by atoms with Gasteiger partial charge in [0.05, 0.1) is 5.69 Å². The molecular weight excluding hydrogens is 318 g/mol. The van der Waals surface area contributed by atoms with Crippen molar-refractivity contribution in [3.63, 3.8) is 0 Å². The summed E-state index contributed by atoms with van der Waals surface area (Å²) < 4.78 is 0. The molecule has 0 saturated heterocycles. The zero-order valence-electron chi connectivity index (χ0n) is 13.6. The van der Waals surface area contributed by atoms with Crippen molar-refractivity contribution in [3.8, 4) is 10.6 Å². The van der Waals surface area contributed by atoms with Crippen LogP contribution in [0.3, 0.4) is 0 Å². The number of hydrogen-bond acceptors (Lipinski definition) is 6. The monoisotopic (exact) mass is 337 g/mol. The summed E-state index contributed by atoms with van der Waals surface area (Å²) in [6.07, 6.45) is 4.78. The van der Waals surface area contributed by atoms with Gasteiger partial charge in [0.15, 0.2) is 0 Å². The van der Waals surface area contributed by atoms with Gasteiger partial charge in [-0.15, -0.1) is 11.3 Å². The molecule has 0 radical (unpaired) electrons. The molecule has 0 atom stereocenters. The molecule has 122 valence electrons. The summed E-state index contributed by atoms with van der Waals surface area (Å²) in [5.41, 5.74) is 10.4. The van der Waals surface area contributed by atoms with E-state index in [0.717, 1.165) is 36.8 Å². The number of nitrogens with two attached hydrogens (primary N) is 1. The number of nitrogens with zero attached hydrogens (tertiary/aromatic N) is 4. The van der Waals surface area contributed by atoms with Gasteiger partial charge in [-0.05, 0) is 12.5 Å². The van der Waals surface area contributed by atoms with Crippen LogP contribution in [-0.4, -0.2) is 26.4 Å². The molecule has 0 saturated carbocycles. The van der Waals surface area contributed by atoms with Gasteiger partial charge in [-0.1, -0.05) is 24.3 Å². The average molecular weight is 337 g/mol. The summed E-state index contributed by atoms with van der Waals surface area (Å²) in [7, 11) is 0. The zero-order chi connectivity index (χ0) is 16.5. The molecular formula is C18H19N5S. The van der Waals surface area contributed by atoms with Gasteiger partial charge < -0.3 is 5.73 Å². The van der Waals surface area contributed by atoms with Crippen molar-refractivity contribution >= 4 is 17.3 Å². The molecule has 1 aromatic carbocycles. The average Bonchev–Trinajstić information content (AvgIpc) is 3.04. The fraction of sp³-hybridized carbons (Fsp3) is 0.278. The molecule has 3 aromatic rings. The van der Waals surface area contributed by atoms with Gasteiger partial charge in [0.25, 0.3) is 0 Å². The molecule has 4 rings (SSSR count). The number of aryl methyl sites for hydroxylation is 1. The third-order valence-electron chi connectivity index (χ3n) is 4.34. The highest BCUT2D eigenvalue weighted by Crippen LogP contribution is 2.29. The summed E-state index contributed by atoms with van der Waals surface area (Å²) >= 11 is 1.77. The maximum atomic E-state index is 5.67. The van der Waals surface area contributed by atoms with Crippen LogP contribution < -0.4 is 5.73 Å². The van der Waals surface area contributed by atoms with Crippen LogP contribution in [0, 0.1) is 6.92 Å². The van der Waals surface area contributed by atoms with E-state index in [9.17, 15) is 0 Å². The predicted octanol–water partition coefficient (Wildman–Crippen LogP) is 3.05. The molecule has 0 bridgehead atoms. The number of benzene rings is 1. The van der Waals surface area contributed by atoms with Crippen LogP contribution in [-0.2, 0) is 19.5 Å². The summed E-state index contributed by atoms with van der Waals surface area (Å²) in [4.78, 5) is 16.8. The molecule has 6 heteroatoms. The first-order chi connectivity index (χ1) is 11.7. The van der Waals surface area contributed by atoms with Gasteiger partial charge in [0, 0.05) is 54.5 Å². The van der Waals surface area contributed by atoms with Gasteiger partial charge >= 0.3 is 0 Å². The second kappa shape index (κ2) is 6.30. The van der Waals surface area contributed by atoms with Gasteiger partial charge in [-0.2, -0.15) is 0 Å². The van der Waals surface area contributed by atoms with E-state index >= 15 is 0 Å². The Kier molecular flexibility index (Phi) is 4.00. The van der Waals surface area contributed by atoms with Crippen molar-refractivity contribution < 1.29 is 0 Å². The van der Waals surface area contributed by atoms with Crippen molar-refractivity contribution in [3.05, 3.63) is 58.4 Å². The molecule has 2 aromatic heterocycles. The lowest BCUT2D eigenvalue weighted by atomic mass is 10.1. The largest absolute Gasteiger partial charge is 0.368 e. The van der Waals surface area contributed by atoms with Crippen molar-refractivity contribution in [2.24, 2.45) is 0 Å². The second-order valence-electron chi connectivity index (χ2n) is 6.11. The molecule has 5 nitrogen and oxygen atoms in total. The second-order valence-corrected chi connectivity index (χ2v) is 7.22. The van der Waals surface area contributed by atoms with E-state index < -0.39 is 0 Å². The van der Waals surface area contributed by atoms with Crippen LogP contribution in [0.25, 0.3) is 10.6 Å². The molecule has 24 heavy (non-hydrogen) atoms. The number of rotatable bonds is 3. The highest BCUT2D eigenvalue weighted by atomic mass is 32.1. The Balaban J connectivity index is 1.49. The Labute approximate surface area is 145 Å². The standard InChI is InChI=1S/C18H19N5S/c1-12-4-2-3-5-15(12)17-20-9-14(24-17)11-23-7-6-16-13(10-23)8-21-18(19)22-16/h2-5,8-9H,6-7,10-11H2,1H3,(H2,19,21,22). The lowest BCUT2D eigenvalue weighted by Gasteiger charge is -2.27. The van der Waals surface area contributed by atoms with Crippen LogP contribution in [0.4, 0.5) is 5.95 Å². The lowest BCUT2D eigenvalue weighted by Crippen LogP contribution is -2.30. The van der Waals surface area contributed by atoms with Gasteiger partial charge in [0.1, 0.15) is 5.01 Å². The maximum Gasteiger partial charge on any atom is 0.220 e. The zero-order valence-corrected chi connectivity index (χ0v) is 14.4. The third-order valence-corrected chi connectivity index (χ3v) is 5.36. The molecule has 0 unspecified atom stereocenters. The minimum absolute atomic E-state index is 0.368. The van der Waals surface area contributed by atoms with Crippen LogP contribution in [0.2, 0.25) is 0 Å². The maximum absolute atomic E-state index is 5.67. The van der Waals surface area contributed by atoms with Crippen molar-refractivity contribution in [1.29, 1.82) is 0 Å². The number of anilines is 1. The van der Waals surface area contributed by atoms with Gasteiger partial charge in [-0.25, -0.2) is 15.0 Å². The third kappa shape index (κ3) is 3.02. The molecule has 0 fully saturated rings. The van der Waals surface area contributed by atoms with Crippen LogP contribution in [0.5, 0.6) is 0 Å². The van der Waals surface area contributed by atoms with E-state index in [0.29, 0.717) is 5.95 Å². The molecule has 1 aliphatic rings. The SMILES string of the molecule is Cc1ccccc1-c1ncc(CN2CCc3nc(N)ncc3C2)s1. The number of aromatic nitrogens is 3. The Morgan fingerprint density at radius 2 is 2.08 bits per heavy atom. The van der Waals surface area contributed by atoms with Crippen molar-refractivity contribution in [1.82, 2.24) is 19.9 Å². The molecule has 1 aliphatic heterocycles. The molecule has 0 aliphatic carbocycles. The topological polar surface area (TPSA) is 67.9 Å². The molecule has 3 heterocycles. The summed E-state index contributed by atoms with van der Waals surface area (Å²) in [5.74, 6) is 0.368. The first-order valence-electron chi connectivity index (χ1n) is 8.02. The van der Waals surface area contributed by atoms with E-state index in [1.807, 2.05) is 12.4 Å². The minimum Gasteiger partial charge on any atom is -0.368 e. The van der Waals surface area contributed by atoms with Crippen molar-refractivity contribution in [2.45, 2.75) is 26.4 Å². The lowest BCUT2D eigenvalue weighted by molar-refractivity contribution is 0.245. The Bertz CT molecular complexity index is 873. The fourth-order valence-corrected chi connectivity index (χ4v) is 4.11. The van der Waals surface area contributed by atoms with Crippen LogP contribution in [0.1, 0.15) is 21.7 Å². The first kappa shape index (κ1) is 15.2. The van der Waals surface area contributed by atoms with E-state index in [1.165, 1.54) is 21.6 Å². The smallest absolute Gasteiger partial charge is 0.220 e. The number of nitrogen functional groups attached to an aromatic ring is 1. The number of fused-ring (bicyclic) bond motifs is 1. The quantitative estimate of drug-likeness (QED) is 0.795. The summed E-state index contributed by atoms with van der Waals surface area (Å²) in [6.45, 7) is 4.89. The van der Waals surface area contributed by atoms with E-state index in [-0.39, 0.29) is 0 Å². The van der Waals surface area contributed by atoms with E-state index in [4.69, 9.17) is 5.73 Å². The minimum atomic E-state index is 0.368. The van der Waals surface area contributed by atoms with Gasteiger partial charge in [-0.3, -0.25) is 4.90 Å². The highest BCUT2D eigenvalue weighted by molar-refractivity contribution is 7.15. The molecule has 0 spiro atoms. The van der Waals surface area contributed by atoms with E-state index in [2.05, 4.69) is 51.0 Å². The van der Waals surface area contributed by atoms with Crippen molar-refractivity contribution in [2.75, 3.05) is 12.3 Å². The van der Waals surface area contributed by atoms with Crippen LogP contribution in [0.15, 0.2) is 36.7 Å². The van der Waals surface area contributed by atoms with Gasteiger partial charge in [0.2, 0.25) is 5.95 Å². The Morgan fingerprint density at radius 1 is 1.21 bits per heavy atom. The number of thiazole rings is 1. The summed E-state index contributed by atoms with van der Waals surface area (Å²) in [6, 6.07) is 8.39. The molecule has 2 N–H and O–H groups in total. The normalized spacial score (nSPS) is 14.5. The number of hydrogen-bond donors (Lipinski definition) is 1. The van der Waals surface area contributed by atoms with E-state index in [1.54, 1.807) is 11.3 Å².